The van der Waals surface area contributed by atoms with E-state index >= 15 is 0 Å². The van der Waals surface area contributed by atoms with Gasteiger partial charge < -0.3 is 20.2 Å². The van der Waals surface area contributed by atoms with Crippen molar-refractivity contribution in [3.8, 4) is 0 Å². The van der Waals surface area contributed by atoms with Crippen LogP contribution in [0.5, 0.6) is 0 Å². The molecule has 168 valence electrons. The van der Waals surface area contributed by atoms with Gasteiger partial charge >= 0.3 is 12.0 Å². The molecule has 2 aliphatic heterocycles. The molecule has 0 bridgehead atoms. The van der Waals surface area contributed by atoms with Crippen LogP contribution in [0.15, 0.2) is 45.2 Å². The van der Waals surface area contributed by atoms with Gasteiger partial charge in [0.15, 0.2) is 0 Å². The van der Waals surface area contributed by atoms with E-state index in [2.05, 4.69) is 20.8 Å². The number of hydrogen-bond acceptors (Lipinski definition) is 8. The number of carbonyl (C=O) groups is 3. The predicted molar refractivity (Wildman–Crippen MR) is 118 cm³/mol. The Hall–Kier alpha value is -2.70. The molecule has 1 fully saturated rings. The van der Waals surface area contributed by atoms with Crippen molar-refractivity contribution < 1.29 is 23.9 Å². The molecular formula is C19H18ClN5O5S2. The second-order valence-electron chi connectivity index (χ2n) is 6.97. The van der Waals surface area contributed by atoms with Gasteiger partial charge in [-0.05, 0) is 23.3 Å². The number of benzene rings is 1. The van der Waals surface area contributed by atoms with Crippen molar-refractivity contribution in [2.75, 3.05) is 11.5 Å². The first-order valence-corrected chi connectivity index (χ1v) is 11.9. The van der Waals surface area contributed by atoms with Crippen LogP contribution in [0.3, 0.4) is 0 Å². The average Bonchev–Trinajstić information content (AvgIpc) is 3.19. The number of hydrogen-bond donors (Lipinski definition) is 3. The highest BCUT2D eigenvalue weighted by atomic mass is 35.5. The Kier molecular flexibility index (Phi) is 6.63. The molecule has 3 N–H and O–H groups in total. The molecule has 1 unspecified atom stereocenters. The maximum absolute atomic E-state index is 12.7. The number of thioether (sulfide) groups is 2. The Labute approximate surface area is 196 Å². The van der Waals surface area contributed by atoms with Crippen molar-refractivity contribution in [3.05, 3.63) is 52.0 Å². The molecule has 3 amide bonds. The van der Waals surface area contributed by atoms with Crippen LogP contribution >= 0.6 is 35.1 Å². The summed E-state index contributed by atoms with van der Waals surface area (Å²) in [4.78, 5) is 38.1. The molecule has 13 heteroatoms. The summed E-state index contributed by atoms with van der Waals surface area (Å²) in [6.07, 6.45) is 0. The van der Waals surface area contributed by atoms with Crippen LogP contribution in [0.4, 0.5) is 4.79 Å². The van der Waals surface area contributed by atoms with Gasteiger partial charge in [-0.25, -0.2) is 9.59 Å². The standard InChI is InChI=1S/C19H18ClN5O5S2/c1-9-23-24-19(30-9)32-8-11-7-31-16-13(15(26)25(16)14(11)17(27)28)22-18(29)21-6-10-2-4-12(20)5-3-10/h2-5,13,16H,6-8H2,1H3,(H,27,28)(H2,21,22,29)/t13?,16-/m0/s1. The molecule has 0 saturated carbocycles. The average molecular weight is 496 g/mol. The molecule has 32 heavy (non-hydrogen) atoms. The van der Waals surface area contributed by atoms with Gasteiger partial charge in [0.05, 0.1) is 0 Å². The van der Waals surface area contributed by atoms with Gasteiger partial charge in [0, 0.05) is 30.0 Å². The Bertz CT molecular complexity index is 1090. The fourth-order valence-electron chi connectivity index (χ4n) is 3.26. The minimum absolute atomic E-state index is 0.0536. The molecule has 3 heterocycles. The van der Waals surface area contributed by atoms with Crippen LogP contribution in [-0.4, -0.2) is 61.0 Å². The van der Waals surface area contributed by atoms with Gasteiger partial charge in [0.2, 0.25) is 5.89 Å². The molecule has 4 rings (SSSR count). The molecule has 0 radical (unpaired) electrons. The summed E-state index contributed by atoms with van der Waals surface area (Å²) in [6.45, 7) is 1.93. The number of aromatic nitrogens is 2. The Morgan fingerprint density at radius 2 is 2.09 bits per heavy atom. The first kappa shape index (κ1) is 22.5. The topological polar surface area (TPSA) is 138 Å². The third kappa shape index (κ3) is 4.71. The zero-order valence-electron chi connectivity index (χ0n) is 16.7. The quantitative estimate of drug-likeness (QED) is 0.390. The summed E-state index contributed by atoms with van der Waals surface area (Å²) in [5, 5.41) is 23.1. The van der Waals surface area contributed by atoms with E-state index in [1.165, 1.54) is 28.4 Å². The summed E-state index contributed by atoms with van der Waals surface area (Å²) in [5.41, 5.74) is 1.38. The van der Waals surface area contributed by atoms with Gasteiger partial charge in [-0.2, -0.15) is 0 Å². The number of carboxylic acid groups (broad SMARTS) is 1. The van der Waals surface area contributed by atoms with E-state index in [1.54, 1.807) is 31.2 Å². The monoisotopic (exact) mass is 495 g/mol. The lowest BCUT2D eigenvalue weighted by Crippen LogP contribution is -2.71. The van der Waals surface area contributed by atoms with Crippen LogP contribution in [-0.2, 0) is 16.1 Å². The molecule has 1 aromatic carbocycles. The van der Waals surface area contributed by atoms with E-state index in [0.717, 1.165) is 5.56 Å². The van der Waals surface area contributed by atoms with Crippen molar-refractivity contribution >= 4 is 53.0 Å². The molecule has 0 spiro atoms. The predicted octanol–water partition coefficient (Wildman–Crippen LogP) is 2.25. The van der Waals surface area contributed by atoms with Crippen LogP contribution in [0.25, 0.3) is 0 Å². The van der Waals surface area contributed by atoms with Gasteiger partial charge in [-0.3, -0.25) is 9.69 Å². The Morgan fingerprint density at radius 1 is 1.34 bits per heavy atom. The molecule has 2 aromatic rings. The highest BCUT2D eigenvalue weighted by molar-refractivity contribution is 8.01. The fraction of sp³-hybridized carbons (Fsp3) is 0.316. The van der Waals surface area contributed by atoms with E-state index < -0.39 is 29.3 Å². The Balaban J connectivity index is 1.37. The lowest BCUT2D eigenvalue weighted by atomic mass is 10.0. The van der Waals surface area contributed by atoms with Crippen LogP contribution in [0.1, 0.15) is 11.5 Å². The number of amides is 3. The maximum Gasteiger partial charge on any atom is 0.352 e. The van der Waals surface area contributed by atoms with Gasteiger partial charge in [0.25, 0.3) is 11.1 Å². The number of halogens is 1. The second kappa shape index (κ2) is 9.43. The van der Waals surface area contributed by atoms with Crippen LogP contribution in [0.2, 0.25) is 5.02 Å². The largest absolute Gasteiger partial charge is 0.477 e. The first-order valence-electron chi connectivity index (χ1n) is 9.45. The van der Waals surface area contributed by atoms with Gasteiger partial charge in [-0.1, -0.05) is 35.5 Å². The van der Waals surface area contributed by atoms with E-state index in [0.29, 0.717) is 33.2 Å². The Morgan fingerprint density at radius 3 is 2.75 bits per heavy atom. The third-order valence-electron chi connectivity index (χ3n) is 4.78. The summed E-state index contributed by atoms with van der Waals surface area (Å²) >= 11 is 8.46. The smallest absolute Gasteiger partial charge is 0.352 e. The van der Waals surface area contributed by atoms with Crippen LogP contribution < -0.4 is 10.6 Å². The number of aliphatic carboxylic acids is 1. The summed E-state index contributed by atoms with van der Waals surface area (Å²) in [5.74, 6) is -0.532. The normalized spacial score (nSPS) is 19.9. The van der Waals surface area contributed by atoms with E-state index in [1.807, 2.05) is 0 Å². The number of nitrogens with zero attached hydrogens (tertiary/aromatic N) is 3. The number of carboxylic acids is 1. The molecule has 2 atom stereocenters. The number of urea groups is 1. The lowest BCUT2D eigenvalue weighted by molar-refractivity contribution is -0.148. The molecule has 1 aromatic heterocycles. The molecule has 10 nitrogen and oxygen atoms in total. The first-order chi connectivity index (χ1) is 15.3. The van der Waals surface area contributed by atoms with Crippen molar-refractivity contribution in [2.45, 2.75) is 30.1 Å². The number of aryl methyl sites for hydroxylation is 1. The minimum atomic E-state index is -1.19. The van der Waals surface area contributed by atoms with E-state index in [9.17, 15) is 19.5 Å². The molecule has 1 saturated heterocycles. The number of rotatable bonds is 7. The highest BCUT2D eigenvalue weighted by Gasteiger charge is 2.54. The van der Waals surface area contributed by atoms with Crippen molar-refractivity contribution in [3.63, 3.8) is 0 Å². The number of nitrogens with one attached hydrogen (secondary N) is 2. The van der Waals surface area contributed by atoms with Gasteiger partial charge in [-0.15, -0.1) is 22.0 Å². The molecule has 0 aliphatic carbocycles. The van der Waals surface area contributed by atoms with E-state index in [-0.39, 0.29) is 12.2 Å². The second-order valence-corrected chi connectivity index (χ2v) is 9.44. The molecule has 2 aliphatic rings. The molecular weight excluding hydrogens is 478 g/mol. The minimum Gasteiger partial charge on any atom is -0.477 e. The summed E-state index contributed by atoms with van der Waals surface area (Å²) in [7, 11) is 0. The number of β-lactam (4-membered cyclic amide) rings is 1. The number of fused-ring (bicyclic) bond motifs is 1. The van der Waals surface area contributed by atoms with E-state index in [4.69, 9.17) is 16.0 Å². The van der Waals surface area contributed by atoms with Gasteiger partial charge in [0.1, 0.15) is 17.1 Å². The summed E-state index contributed by atoms with van der Waals surface area (Å²) < 4.78 is 5.30. The van der Waals surface area contributed by atoms with Crippen molar-refractivity contribution in [1.82, 2.24) is 25.7 Å². The van der Waals surface area contributed by atoms with Crippen LogP contribution in [0, 0.1) is 6.92 Å². The highest BCUT2D eigenvalue weighted by Crippen LogP contribution is 2.41. The van der Waals surface area contributed by atoms with Crippen molar-refractivity contribution in [2.24, 2.45) is 0 Å². The zero-order valence-corrected chi connectivity index (χ0v) is 19.1. The lowest BCUT2D eigenvalue weighted by Gasteiger charge is -2.49. The number of carbonyl (C=O) groups excluding carboxylic acids is 2. The maximum atomic E-state index is 12.7. The summed E-state index contributed by atoms with van der Waals surface area (Å²) in [6, 6.07) is 5.71. The third-order valence-corrected chi connectivity index (χ3v) is 7.28. The fourth-order valence-corrected chi connectivity index (χ4v) is 5.67. The zero-order chi connectivity index (χ0) is 22.8. The SMILES string of the molecule is Cc1nnc(SCC2=C(C(=O)O)N3C(=O)C(NC(=O)NCc4ccc(Cl)cc4)[C@@H]3SC2)o1. The van der Waals surface area contributed by atoms with Crippen molar-refractivity contribution in [1.29, 1.82) is 0 Å².